The number of sulfonamides is 1. The van der Waals surface area contributed by atoms with E-state index in [0.717, 1.165) is 5.56 Å². The molecule has 1 aliphatic rings. The third-order valence-corrected chi connectivity index (χ3v) is 4.18. The van der Waals surface area contributed by atoms with E-state index in [1.54, 1.807) is 12.1 Å². The lowest BCUT2D eigenvalue weighted by Crippen LogP contribution is -2.47. The fourth-order valence-electron chi connectivity index (χ4n) is 1.72. The molecule has 1 atom stereocenters. The first-order chi connectivity index (χ1) is 7.40. The third kappa shape index (κ3) is 1.92. The monoisotopic (exact) mass is 240 g/mol. The number of fused-ring (bicyclic) bond motifs is 1. The van der Waals surface area contributed by atoms with Gasteiger partial charge in [0.1, 0.15) is 4.90 Å². The SMILES string of the molecule is Cc1ccc2c(c1)N[C@H](C(C)C)NS2(=O)=O. The average molecular weight is 240 g/mol. The predicted molar refractivity (Wildman–Crippen MR) is 63.7 cm³/mol. The highest BCUT2D eigenvalue weighted by atomic mass is 32.2. The van der Waals surface area contributed by atoms with Crippen LogP contribution in [0.3, 0.4) is 0 Å². The zero-order chi connectivity index (χ0) is 11.9. The van der Waals surface area contributed by atoms with Crippen LogP contribution in [0.25, 0.3) is 0 Å². The molecule has 0 amide bonds. The van der Waals surface area contributed by atoms with Gasteiger partial charge in [-0.2, -0.15) is 4.72 Å². The molecule has 0 aliphatic carbocycles. The lowest BCUT2D eigenvalue weighted by molar-refractivity contribution is 0.477. The molecule has 0 saturated carbocycles. The van der Waals surface area contributed by atoms with E-state index in [4.69, 9.17) is 0 Å². The van der Waals surface area contributed by atoms with Gasteiger partial charge in [-0.3, -0.25) is 0 Å². The summed E-state index contributed by atoms with van der Waals surface area (Å²) in [4.78, 5) is 0.329. The third-order valence-electron chi connectivity index (χ3n) is 2.68. The van der Waals surface area contributed by atoms with Crippen LogP contribution in [0.15, 0.2) is 23.1 Å². The summed E-state index contributed by atoms with van der Waals surface area (Å²) in [5, 5.41) is 3.20. The van der Waals surface area contributed by atoms with Crippen molar-refractivity contribution in [3.8, 4) is 0 Å². The van der Waals surface area contributed by atoms with Crippen LogP contribution in [-0.4, -0.2) is 14.6 Å². The molecule has 4 nitrogen and oxygen atoms in total. The molecule has 0 fully saturated rings. The van der Waals surface area contributed by atoms with E-state index in [1.807, 2.05) is 26.8 Å². The van der Waals surface area contributed by atoms with E-state index >= 15 is 0 Å². The number of aryl methyl sites for hydroxylation is 1. The van der Waals surface area contributed by atoms with Gasteiger partial charge in [0, 0.05) is 0 Å². The highest BCUT2D eigenvalue weighted by Gasteiger charge is 2.30. The Morgan fingerprint density at radius 2 is 2.00 bits per heavy atom. The summed E-state index contributed by atoms with van der Waals surface area (Å²) in [7, 11) is -3.37. The summed E-state index contributed by atoms with van der Waals surface area (Å²) in [5.74, 6) is 0.198. The largest absolute Gasteiger partial charge is 0.368 e. The summed E-state index contributed by atoms with van der Waals surface area (Å²) >= 11 is 0. The van der Waals surface area contributed by atoms with Crippen molar-refractivity contribution in [1.82, 2.24) is 4.72 Å². The summed E-state index contributed by atoms with van der Waals surface area (Å²) in [6.45, 7) is 5.89. The van der Waals surface area contributed by atoms with E-state index in [0.29, 0.717) is 10.6 Å². The lowest BCUT2D eigenvalue weighted by atomic mass is 10.1. The molecule has 1 aliphatic heterocycles. The maximum Gasteiger partial charge on any atom is 0.244 e. The van der Waals surface area contributed by atoms with E-state index < -0.39 is 10.0 Å². The molecule has 0 aromatic heterocycles. The number of benzene rings is 1. The van der Waals surface area contributed by atoms with Crippen molar-refractivity contribution >= 4 is 15.7 Å². The van der Waals surface area contributed by atoms with Crippen molar-refractivity contribution in [3.63, 3.8) is 0 Å². The van der Waals surface area contributed by atoms with Crippen molar-refractivity contribution in [3.05, 3.63) is 23.8 Å². The Bertz CT molecular complexity index is 509. The molecule has 0 spiro atoms. The number of hydrogen-bond donors (Lipinski definition) is 2. The first-order valence-corrected chi connectivity index (χ1v) is 6.78. The van der Waals surface area contributed by atoms with Crippen molar-refractivity contribution in [2.24, 2.45) is 5.92 Å². The van der Waals surface area contributed by atoms with Gasteiger partial charge >= 0.3 is 0 Å². The first kappa shape index (κ1) is 11.4. The molecule has 16 heavy (non-hydrogen) atoms. The zero-order valence-corrected chi connectivity index (χ0v) is 10.4. The standard InChI is InChI=1S/C11H16N2O2S/c1-7(2)11-12-9-6-8(3)4-5-10(9)16(14,15)13-11/h4-7,11-13H,1-3H3/t11-/m0/s1. The molecule has 0 radical (unpaired) electrons. The van der Waals surface area contributed by atoms with Gasteiger partial charge in [0.25, 0.3) is 0 Å². The number of rotatable bonds is 1. The minimum Gasteiger partial charge on any atom is -0.368 e. The van der Waals surface area contributed by atoms with Crippen LogP contribution in [0.2, 0.25) is 0 Å². The normalized spacial score (nSPS) is 22.6. The minimum absolute atomic E-state index is 0.198. The van der Waals surface area contributed by atoms with Crippen LogP contribution in [0, 0.1) is 12.8 Å². The quantitative estimate of drug-likeness (QED) is 0.785. The number of nitrogens with one attached hydrogen (secondary N) is 2. The summed E-state index contributed by atoms with van der Waals surface area (Å²) < 4.78 is 26.5. The molecule has 5 heteroatoms. The highest BCUT2D eigenvalue weighted by molar-refractivity contribution is 7.89. The van der Waals surface area contributed by atoms with Gasteiger partial charge < -0.3 is 5.32 Å². The van der Waals surface area contributed by atoms with Crippen LogP contribution in [0.1, 0.15) is 19.4 Å². The van der Waals surface area contributed by atoms with Crippen LogP contribution in [0.4, 0.5) is 5.69 Å². The van der Waals surface area contributed by atoms with E-state index in [9.17, 15) is 8.42 Å². The molecule has 0 bridgehead atoms. The second-order valence-electron chi connectivity index (χ2n) is 4.49. The van der Waals surface area contributed by atoms with Crippen LogP contribution < -0.4 is 10.0 Å². The van der Waals surface area contributed by atoms with Crippen LogP contribution >= 0.6 is 0 Å². The average Bonchev–Trinajstić information content (AvgIpc) is 2.15. The van der Waals surface area contributed by atoms with Gasteiger partial charge in [-0.05, 0) is 30.5 Å². The number of anilines is 1. The maximum atomic E-state index is 11.9. The van der Waals surface area contributed by atoms with Gasteiger partial charge in [-0.25, -0.2) is 8.42 Å². The molecule has 0 saturated heterocycles. The van der Waals surface area contributed by atoms with E-state index in [2.05, 4.69) is 10.0 Å². The van der Waals surface area contributed by atoms with Crippen molar-refractivity contribution in [2.45, 2.75) is 31.8 Å². The Kier molecular flexibility index (Phi) is 2.67. The summed E-state index contributed by atoms with van der Waals surface area (Å²) in [6.07, 6.45) is -0.237. The lowest BCUT2D eigenvalue weighted by Gasteiger charge is -2.30. The molecule has 2 N–H and O–H groups in total. The topological polar surface area (TPSA) is 58.2 Å². The molecule has 1 aromatic rings. The Hall–Kier alpha value is -1.07. The van der Waals surface area contributed by atoms with E-state index in [1.165, 1.54) is 0 Å². The molecule has 1 aromatic carbocycles. The fourth-order valence-corrected chi connectivity index (χ4v) is 3.17. The Balaban J connectivity index is 2.52. The van der Waals surface area contributed by atoms with Crippen LogP contribution in [-0.2, 0) is 10.0 Å². The van der Waals surface area contributed by atoms with E-state index in [-0.39, 0.29) is 12.1 Å². The van der Waals surface area contributed by atoms with Gasteiger partial charge in [-0.15, -0.1) is 0 Å². The predicted octanol–water partition coefficient (Wildman–Crippen LogP) is 1.68. The van der Waals surface area contributed by atoms with Gasteiger partial charge in [0.15, 0.2) is 0 Å². The molecule has 88 valence electrons. The van der Waals surface area contributed by atoms with Gasteiger partial charge in [-0.1, -0.05) is 19.9 Å². The second kappa shape index (κ2) is 3.75. The summed E-state index contributed by atoms with van der Waals surface area (Å²) in [5.41, 5.74) is 1.74. The minimum atomic E-state index is -3.37. The van der Waals surface area contributed by atoms with Gasteiger partial charge in [0.05, 0.1) is 11.9 Å². The fraction of sp³-hybridized carbons (Fsp3) is 0.455. The highest BCUT2D eigenvalue weighted by Crippen LogP contribution is 2.28. The Labute approximate surface area is 96.1 Å². The van der Waals surface area contributed by atoms with Crippen LogP contribution in [0.5, 0.6) is 0 Å². The Morgan fingerprint density at radius 1 is 1.31 bits per heavy atom. The molecule has 2 rings (SSSR count). The number of hydrogen-bond acceptors (Lipinski definition) is 3. The molecule has 0 unspecified atom stereocenters. The first-order valence-electron chi connectivity index (χ1n) is 5.29. The zero-order valence-electron chi connectivity index (χ0n) is 9.61. The second-order valence-corrected chi connectivity index (χ2v) is 6.17. The molecule has 1 heterocycles. The molecular weight excluding hydrogens is 224 g/mol. The maximum absolute atomic E-state index is 11.9. The van der Waals surface area contributed by atoms with Crippen molar-refractivity contribution in [1.29, 1.82) is 0 Å². The van der Waals surface area contributed by atoms with Gasteiger partial charge in [0.2, 0.25) is 10.0 Å². The van der Waals surface area contributed by atoms with Crippen molar-refractivity contribution < 1.29 is 8.42 Å². The smallest absolute Gasteiger partial charge is 0.244 e. The summed E-state index contributed by atoms with van der Waals surface area (Å²) in [6, 6.07) is 5.30. The molecular formula is C11H16N2O2S. The Morgan fingerprint density at radius 3 is 2.62 bits per heavy atom. The van der Waals surface area contributed by atoms with Crippen molar-refractivity contribution in [2.75, 3.05) is 5.32 Å².